The molecule has 2 nitrogen and oxygen atoms in total. The number of carbonyl (C=O) groups is 1. The van der Waals surface area contributed by atoms with Crippen molar-refractivity contribution in [3.8, 4) is 0 Å². The molecule has 2 aliphatic carbocycles. The summed E-state index contributed by atoms with van der Waals surface area (Å²) in [7, 11) is 0. The third-order valence-electron chi connectivity index (χ3n) is 3.80. The van der Waals surface area contributed by atoms with E-state index in [4.69, 9.17) is 0 Å². The summed E-state index contributed by atoms with van der Waals surface area (Å²) in [5, 5.41) is 9.71. The molecule has 12 heavy (non-hydrogen) atoms. The average molecular weight is 168 g/mol. The Hall–Kier alpha value is -0.370. The minimum Gasteiger partial charge on any atom is -0.393 e. The molecule has 3 atom stereocenters. The number of aliphatic hydroxyl groups is 1. The van der Waals surface area contributed by atoms with Gasteiger partial charge >= 0.3 is 0 Å². The highest BCUT2D eigenvalue weighted by Crippen LogP contribution is 2.49. The molecule has 2 saturated carbocycles. The topological polar surface area (TPSA) is 37.3 Å². The van der Waals surface area contributed by atoms with Crippen LogP contribution >= 0.6 is 0 Å². The summed E-state index contributed by atoms with van der Waals surface area (Å²) in [6, 6.07) is 0. The van der Waals surface area contributed by atoms with Crippen molar-refractivity contribution in [3.05, 3.63) is 0 Å². The average Bonchev–Trinajstić information content (AvgIpc) is 2.30. The van der Waals surface area contributed by atoms with Gasteiger partial charge in [0, 0.05) is 11.8 Å². The molecular formula is C10H16O2. The molecule has 0 aromatic carbocycles. The zero-order valence-corrected chi connectivity index (χ0v) is 7.55. The third kappa shape index (κ3) is 0.939. The number of carbonyl (C=O) groups excluding carboxylic acids is 1. The van der Waals surface area contributed by atoms with Crippen LogP contribution in [0.5, 0.6) is 0 Å². The van der Waals surface area contributed by atoms with Crippen LogP contribution in [0.3, 0.4) is 0 Å². The van der Waals surface area contributed by atoms with E-state index in [0.29, 0.717) is 12.2 Å². The van der Waals surface area contributed by atoms with Gasteiger partial charge in [0.25, 0.3) is 0 Å². The summed E-state index contributed by atoms with van der Waals surface area (Å²) in [5.41, 5.74) is -0.169. The molecule has 68 valence electrons. The molecule has 2 rings (SSSR count). The number of Topliss-reactive ketones (excluding diaryl/α,β-unsaturated/α-hetero) is 1. The van der Waals surface area contributed by atoms with Crippen molar-refractivity contribution in [3.63, 3.8) is 0 Å². The fraction of sp³-hybridized carbons (Fsp3) is 0.900. The first-order chi connectivity index (χ1) is 5.64. The molecule has 0 aromatic heterocycles. The predicted molar refractivity (Wildman–Crippen MR) is 45.7 cm³/mol. The Labute approximate surface area is 73.0 Å². The van der Waals surface area contributed by atoms with Crippen LogP contribution in [0.25, 0.3) is 0 Å². The maximum absolute atomic E-state index is 11.6. The highest BCUT2D eigenvalue weighted by Gasteiger charge is 2.50. The van der Waals surface area contributed by atoms with Crippen molar-refractivity contribution in [2.45, 2.75) is 45.1 Å². The number of hydrogen-bond acceptors (Lipinski definition) is 2. The largest absolute Gasteiger partial charge is 0.393 e. The zero-order valence-electron chi connectivity index (χ0n) is 7.55. The fourth-order valence-electron chi connectivity index (χ4n) is 2.92. The van der Waals surface area contributed by atoms with E-state index in [2.05, 4.69) is 0 Å². The van der Waals surface area contributed by atoms with E-state index in [-0.39, 0.29) is 17.4 Å². The zero-order chi connectivity index (χ0) is 8.77. The maximum Gasteiger partial charge on any atom is 0.139 e. The Morgan fingerprint density at radius 2 is 2.25 bits per heavy atom. The van der Waals surface area contributed by atoms with Crippen molar-refractivity contribution >= 4 is 5.78 Å². The second-order valence-electron chi connectivity index (χ2n) is 4.45. The van der Waals surface area contributed by atoms with Crippen LogP contribution in [0.4, 0.5) is 0 Å². The van der Waals surface area contributed by atoms with Crippen molar-refractivity contribution < 1.29 is 9.90 Å². The molecule has 2 heteroatoms. The van der Waals surface area contributed by atoms with Gasteiger partial charge in [-0.25, -0.2) is 0 Å². The minimum absolute atomic E-state index is 0.169. The number of rotatable bonds is 0. The van der Waals surface area contributed by atoms with E-state index >= 15 is 0 Å². The minimum atomic E-state index is -0.213. The van der Waals surface area contributed by atoms with Gasteiger partial charge in [-0.1, -0.05) is 6.92 Å². The van der Waals surface area contributed by atoms with E-state index in [1.807, 2.05) is 6.92 Å². The van der Waals surface area contributed by atoms with Gasteiger partial charge in [-0.15, -0.1) is 0 Å². The number of aliphatic hydroxyl groups excluding tert-OH is 1. The highest BCUT2D eigenvalue weighted by atomic mass is 16.3. The molecule has 0 spiro atoms. The van der Waals surface area contributed by atoms with E-state index in [0.717, 1.165) is 25.7 Å². The number of ketones is 1. The van der Waals surface area contributed by atoms with Crippen LogP contribution in [-0.2, 0) is 4.79 Å². The summed E-state index contributed by atoms with van der Waals surface area (Å²) >= 11 is 0. The molecule has 0 bridgehead atoms. The van der Waals surface area contributed by atoms with Crippen LogP contribution < -0.4 is 0 Å². The molecule has 2 aliphatic rings. The normalized spacial score (nSPS) is 47.7. The molecule has 0 heterocycles. The van der Waals surface area contributed by atoms with Crippen molar-refractivity contribution in [2.24, 2.45) is 11.3 Å². The Morgan fingerprint density at radius 3 is 2.92 bits per heavy atom. The lowest BCUT2D eigenvalue weighted by molar-refractivity contribution is -0.130. The van der Waals surface area contributed by atoms with Gasteiger partial charge in [-0.05, 0) is 31.6 Å². The van der Waals surface area contributed by atoms with Crippen molar-refractivity contribution in [2.75, 3.05) is 0 Å². The smallest absolute Gasteiger partial charge is 0.139 e. The standard InChI is InChI=1S/C10H16O2/c1-10-6-2-3-8(11)7(10)4-5-9(10)12/h7-8,11H,2-6H2,1H3/t7-,8+,10-/m0/s1. The monoisotopic (exact) mass is 168 g/mol. The van der Waals surface area contributed by atoms with E-state index in [9.17, 15) is 9.90 Å². The number of fused-ring (bicyclic) bond motifs is 1. The first kappa shape index (κ1) is 8.24. The third-order valence-corrected chi connectivity index (χ3v) is 3.80. The van der Waals surface area contributed by atoms with Crippen LogP contribution in [0.2, 0.25) is 0 Å². The summed E-state index contributed by atoms with van der Waals surface area (Å²) < 4.78 is 0. The lowest BCUT2D eigenvalue weighted by Crippen LogP contribution is -2.39. The molecule has 0 aromatic rings. The Morgan fingerprint density at radius 1 is 1.50 bits per heavy atom. The summed E-state index contributed by atoms with van der Waals surface area (Å²) in [6.45, 7) is 2.04. The molecular weight excluding hydrogens is 152 g/mol. The fourth-order valence-corrected chi connectivity index (χ4v) is 2.92. The van der Waals surface area contributed by atoms with E-state index in [1.54, 1.807) is 0 Å². The molecule has 2 fully saturated rings. The second-order valence-corrected chi connectivity index (χ2v) is 4.45. The first-order valence-electron chi connectivity index (χ1n) is 4.86. The molecule has 0 amide bonds. The molecule has 0 saturated heterocycles. The summed E-state index contributed by atoms with van der Waals surface area (Å²) in [5.74, 6) is 0.644. The summed E-state index contributed by atoms with van der Waals surface area (Å²) in [4.78, 5) is 11.6. The molecule has 0 unspecified atom stereocenters. The Bertz CT molecular complexity index is 212. The van der Waals surface area contributed by atoms with Gasteiger partial charge in [0.1, 0.15) is 5.78 Å². The van der Waals surface area contributed by atoms with Gasteiger partial charge in [0.15, 0.2) is 0 Å². The SMILES string of the molecule is C[C@]12CCC[C@@H](O)[C@@H]1CCC2=O. The van der Waals surface area contributed by atoms with Gasteiger partial charge in [0.2, 0.25) is 0 Å². The molecule has 0 radical (unpaired) electrons. The Kier molecular flexibility index (Phi) is 1.76. The van der Waals surface area contributed by atoms with Crippen LogP contribution in [0, 0.1) is 11.3 Å². The quantitative estimate of drug-likeness (QED) is 0.595. The second kappa shape index (κ2) is 2.56. The van der Waals surface area contributed by atoms with Gasteiger partial charge < -0.3 is 5.11 Å². The highest BCUT2D eigenvalue weighted by molar-refractivity contribution is 5.87. The van der Waals surface area contributed by atoms with E-state index in [1.165, 1.54) is 0 Å². The lowest BCUT2D eigenvalue weighted by Gasteiger charge is -2.37. The van der Waals surface area contributed by atoms with E-state index < -0.39 is 0 Å². The van der Waals surface area contributed by atoms with Gasteiger partial charge in [0.05, 0.1) is 6.10 Å². The number of hydrogen-bond donors (Lipinski definition) is 1. The van der Waals surface area contributed by atoms with Crippen LogP contribution in [0.1, 0.15) is 39.0 Å². The Balaban J connectivity index is 2.26. The van der Waals surface area contributed by atoms with Crippen molar-refractivity contribution in [1.29, 1.82) is 0 Å². The van der Waals surface area contributed by atoms with Crippen LogP contribution in [-0.4, -0.2) is 17.0 Å². The van der Waals surface area contributed by atoms with Gasteiger partial charge in [-0.3, -0.25) is 4.79 Å². The maximum atomic E-state index is 11.6. The molecule has 0 aliphatic heterocycles. The predicted octanol–water partition coefficient (Wildman–Crippen LogP) is 1.52. The van der Waals surface area contributed by atoms with Crippen LogP contribution in [0.15, 0.2) is 0 Å². The van der Waals surface area contributed by atoms with Gasteiger partial charge in [-0.2, -0.15) is 0 Å². The summed E-state index contributed by atoms with van der Waals surface area (Å²) in [6.07, 6.45) is 4.30. The van der Waals surface area contributed by atoms with Crippen molar-refractivity contribution in [1.82, 2.24) is 0 Å². The first-order valence-corrected chi connectivity index (χ1v) is 4.86. The molecule has 1 N–H and O–H groups in total. The lowest BCUT2D eigenvalue weighted by atomic mass is 9.68.